The third-order valence-electron chi connectivity index (χ3n) is 2.79. The van der Waals surface area contributed by atoms with Crippen LogP contribution >= 0.6 is 0 Å². The van der Waals surface area contributed by atoms with E-state index in [1.54, 1.807) is 12.1 Å². The Morgan fingerprint density at radius 1 is 1.41 bits per heavy atom. The summed E-state index contributed by atoms with van der Waals surface area (Å²) < 4.78 is 5.53. The zero-order chi connectivity index (χ0) is 12.4. The number of rotatable bonds is 3. The van der Waals surface area contributed by atoms with Crippen LogP contribution in [0.4, 0.5) is 0 Å². The first kappa shape index (κ1) is 11.5. The van der Waals surface area contributed by atoms with Crippen molar-refractivity contribution in [2.75, 3.05) is 6.61 Å². The molecule has 0 spiro atoms. The lowest BCUT2D eigenvalue weighted by Gasteiger charge is -2.10. The van der Waals surface area contributed by atoms with Crippen molar-refractivity contribution in [2.45, 2.75) is 13.8 Å². The summed E-state index contributed by atoms with van der Waals surface area (Å²) in [5.74, 6) is 0.777. The molecule has 1 aromatic heterocycles. The molecule has 1 heterocycles. The largest absolute Gasteiger partial charge is 0.489 e. The van der Waals surface area contributed by atoms with Gasteiger partial charge in [0, 0.05) is 17.0 Å². The van der Waals surface area contributed by atoms with Crippen molar-refractivity contribution in [3.8, 4) is 5.75 Å². The van der Waals surface area contributed by atoms with E-state index >= 15 is 0 Å². The Kier molecular flexibility index (Phi) is 3.00. The first-order valence-corrected chi connectivity index (χ1v) is 5.50. The second kappa shape index (κ2) is 4.45. The minimum Gasteiger partial charge on any atom is -0.489 e. The van der Waals surface area contributed by atoms with Crippen LogP contribution in [0.15, 0.2) is 35.6 Å². The summed E-state index contributed by atoms with van der Waals surface area (Å²) in [6.07, 6.45) is 1.70. The van der Waals surface area contributed by atoms with Crippen LogP contribution in [0.5, 0.6) is 5.75 Å². The Bertz CT molecular complexity index is 626. The quantitative estimate of drug-likeness (QED) is 0.822. The highest BCUT2D eigenvalue weighted by atomic mass is 16.5. The number of aryl methyl sites for hydroxylation is 2. The number of pyridine rings is 1. The van der Waals surface area contributed by atoms with E-state index in [-0.39, 0.29) is 5.56 Å². The molecule has 0 aliphatic heterocycles. The van der Waals surface area contributed by atoms with Gasteiger partial charge < -0.3 is 9.72 Å². The highest BCUT2D eigenvalue weighted by molar-refractivity contribution is 5.86. The molecule has 0 aliphatic carbocycles. The van der Waals surface area contributed by atoms with Crippen molar-refractivity contribution >= 4 is 10.9 Å². The van der Waals surface area contributed by atoms with Gasteiger partial charge in [-0.05, 0) is 31.5 Å². The zero-order valence-electron chi connectivity index (χ0n) is 10.0. The number of ether oxygens (including phenoxy) is 1. The third kappa shape index (κ3) is 2.09. The molecule has 0 aliphatic rings. The van der Waals surface area contributed by atoms with Crippen LogP contribution in [-0.4, -0.2) is 11.6 Å². The van der Waals surface area contributed by atoms with E-state index in [0.29, 0.717) is 6.61 Å². The molecular formula is C14H15NO2. The number of hydrogen-bond acceptors (Lipinski definition) is 2. The van der Waals surface area contributed by atoms with Crippen LogP contribution in [0.25, 0.3) is 10.9 Å². The summed E-state index contributed by atoms with van der Waals surface area (Å²) in [6, 6.07) is 5.49. The van der Waals surface area contributed by atoms with Crippen molar-refractivity contribution in [1.29, 1.82) is 0 Å². The Labute approximate surface area is 99.7 Å². The Balaban J connectivity index is 2.66. The van der Waals surface area contributed by atoms with Crippen molar-refractivity contribution in [3.63, 3.8) is 0 Å². The van der Waals surface area contributed by atoms with Gasteiger partial charge in [-0.25, -0.2) is 0 Å². The van der Waals surface area contributed by atoms with Crippen LogP contribution in [-0.2, 0) is 0 Å². The molecule has 2 rings (SSSR count). The lowest BCUT2D eigenvalue weighted by atomic mass is 10.1. The van der Waals surface area contributed by atoms with Crippen molar-refractivity contribution in [1.82, 2.24) is 4.98 Å². The molecule has 88 valence electrons. The standard InChI is InChI=1S/C14H15NO2/c1-4-7-17-12-6-5-11-9(2)8-13(16)15-14(11)10(12)3/h4-6,8H,1,7H2,2-3H3,(H,15,16). The molecule has 1 aromatic carbocycles. The fourth-order valence-electron chi connectivity index (χ4n) is 1.92. The predicted octanol–water partition coefficient (Wildman–Crippen LogP) is 2.71. The zero-order valence-corrected chi connectivity index (χ0v) is 10.0. The minimum atomic E-state index is -0.0843. The molecule has 0 atom stereocenters. The average Bonchev–Trinajstić information content (AvgIpc) is 2.29. The lowest BCUT2D eigenvalue weighted by molar-refractivity contribution is 0.361. The maximum absolute atomic E-state index is 11.5. The second-order valence-electron chi connectivity index (χ2n) is 4.03. The van der Waals surface area contributed by atoms with E-state index < -0.39 is 0 Å². The predicted molar refractivity (Wildman–Crippen MR) is 69.7 cm³/mol. The molecule has 0 saturated carbocycles. The van der Waals surface area contributed by atoms with Gasteiger partial charge in [0.25, 0.3) is 0 Å². The summed E-state index contributed by atoms with van der Waals surface area (Å²) in [4.78, 5) is 14.3. The number of benzene rings is 1. The Morgan fingerprint density at radius 2 is 2.18 bits per heavy atom. The normalized spacial score (nSPS) is 10.5. The van der Waals surface area contributed by atoms with Gasteiger partial charge in [0.1, 0.15) is 12.4 Å². The third-order valence-corrected chi connectivity index (χ3v) is 2.79. The van der Waals surface area contributed by atoms with Gasteiger partial charge in [0.2, 0.25) is 5.56 Å². The van der Waals surface area contributed by atoms with E-state index in [9.17, 15) is 4.79 Å². The molecule has 3 nitrogen and oxygen atoms in total. The summed E-state index contributed by atoms with van der Waals surface area (Å²) in [5.41, 5.74) is 2.68. The number of H-pyrrole nitrogens is 1. The highest BCUT2D eigenvalue weighted by Crippen LogP contribution is 2.26. The van der Waals surface area contributed by atoms with Gasteiger partial charge >= 0.3 is 0 Å². The van der Waals surface area contributed by atoms with Gasteiger partial charge in [-0.3, -0.25) is 4.79 Å². The van der Waals surface area contributed by atoms with Crippen LogP contribution in [0, 0.1) is 13.8 Å². The summed E-state index contributed by atoms with van der Waals surface area (Å²) >= 11 is 0. The minimum absolute atomic E-state index is 0.0843. The lowest BCUT2D eigenvalue weighted by Crippen LogP contribution is -2.06. The molecule has 17 heavy (non-hydrogen) atoms. The molecule has 0 bridgehead atoms. The van der Waals surface area contributed by atoms with Gasteiger partial charge in [-0.1, -0.05) is 12.7 Å². The molecular weight excluding hydrogens is 214 g/mol. The average molecular weight is 229 g/mol. The van der Waals surface area contributed by atoms with Gasteiger partial charge in [-0.2, -0.15) is 0 Å². The molecule has 0 amide bonds. The maximum atomic E-state index is 11.5. The second-order valence-corrected chi connectivity index (χ2v) is 4.03. The summed E-state index contributed by atoms with van der Waals surface area (Å²) in [7, 11) is 0. The fourth-order valence-corrected chi connectivity index (χ4v) is 1.92. The van der Waals surface area contributed by atoms with Crippen molar-refractivity contribution in [3.05, 3.63) is 52.3 Å². The highest BCUT2D eigenvalue weighted by Gasteiger charge is 2.07. The molecule has 0 fully saturated rings. The van der Waals surface area contributed by atoms with Crippen molar-refractivity contribution in [2.24, 2.45) is 0 Å². The van der Waals surface area contributed by atoms with Crippen LogP contribution in [0.3, 0.4) is 0 Å². The van der Waals surface area contributed by atoms with E-state index in [0.717, 1.165) is 27.8 Å². The first-order valence-electron chi connectivity index (χ1n) is 5.50. The molecule has 0 unspecified atom stereocenters. The van der Waals surface area contributed by atoms with E-state index in [1.807, 2.05) is 26.0 Å². The topological polar surface area (TPSA) is 42.1 Å². The monoisotopic (exact) mass is 229 g/mol. The smallest absolute Gasteiger partial charge is 0.248 e. The van der Waals surface area contributed by atoms with Gasteiger partial charge in [0.05, 0.1) is 5.52 Å². The number of nitrogens with one attached hydrogen (secondary N) is 1. The molecule has 3 heteroatoms. The number of aromatic amines is 1. The van der Waals surface area contributed by atoms with E-state index in [4.69, 9.17) is 4.74 Å². The first-order chi connectivity index (χ1) is 8.13. The van der Waals surface area contributed by atoms with Gasteiger partial charge in [-0.15, -0.1) is 0 Å². The number of aromatic nitrogens is 1. The molecule has 1 N–H and O–H groups in total. The maximum Gasteiger partial charge on any atom is 0.248 e. The molecule has 0 radical (unpaired) electrons. The fraction of sp³-hybridized carbons (Fsp3) is 0.214. The number of fused-ring (bicyclic) bond motifs is 1. The van der Waals surface area contributed by atoms with E-state index in [2.05, 4.69) is 11.6 Å². The summed E-state index contributed by atoms with van der Waals surface area (Å²) in [5, 5.41) is 1.05. The molecule has 2 aromatic rings. The van der Waals surface area contributed by atoms with Crippen LogP contribution in [0.2, 0.25) is 0 Å². The Hall–Kier alpha value is -2.03. The number of hydrogen-bond donors (Lipinski definition) is 1. The van der Waals surface area contributed by atoms with Crippen LogP contribution in [0.1, 0.15) is 11.1 Å². The van der Waals surface area contributed by atoms with E-state index in [1.165, 1.54) is 0 Å². The molecule has 0 saturated heterocycles. The SMILES string of the molecule is C=CCOc1ccc2c(C)cc(=O)[nH]c2c1C. The Morgan fingerprint density at radius 3 is 2.88 bits per heavy atom. The summed E-state index contributed by atoms with van der Waals surface area (Å²) in [6.45, 7) is 7.95. The van der Waals surface area contributed by atoms with Gasteiger partial charge in [0.15, 0.2) is 0 Å². The van der Waals surface area contributed by atoms with Crippen LogP contribution < -0.4 is 10.3 Å². The van der Waals surface area contributed by atoms with Crippen molar-refractivity contribution < 1.29 is 4.74 Å².